The number of ether oxygens (including phenoxy) is 1. The molecular weight excluding hydrogens is 252 g/mol. The summed E-state index contributed by atoms with van der Waals surface area (Å²) in [5.74, 6) is -0.298. The standard InChI is InChI=1S/C14H17ClO3/c1-3-18-13(17)9-5-8-12(16)11-7-4-6-10(2)14(11)15/h4,6-7H,3,5,8-9H2,1-2H3. The summed E-state index contributed by atoms with van der Waals surface area (Å²) in [5.41, 5.74) is 1.41. The number of Topliss-reactive ketones (excluding diaryl/α,β-unsaturated/α-hetero) is 1. The molecule has 1 rings (SSSR count). The number of halogens is 1. The van der Waals surface area contributed by atoms with Crippen molar-refractivity contribution in [2.24, 2.45) is 0 Å². The van der Waals surface area contributed by atoms with Crippen molar-refractivity contribution in [1.29, 1.82) is 0 Å². The van der Waals surface area contributed by atoms with Crippen molar-refractivity contribution < 1.29 is 14.3 Å². The van der Waals surface area contributed by atoms with E-state index in [0.717, 1.165) is 5.56 Å². The number of rotatable bonds is 6. The van der Waals surface area contributed by atoms with E-state index >= 15 is 0 Å². The third-order valence-electron chi connectivity index (χ3n) is 2.58. The molecule has 4 heteroatoms. The van der Waals surface area contributed by atoms with Crippen LogP contribution in [0.1, 0.15) is 42.1 Å². The largest absolute Gasteiger partial charge is 0.466 e. The molecular formula is C14H17ClO3. The minimum absolute atomic E-state index is 0.0343. The van der Waals surface area contributed by atoms with Gasteiger partial charge in [-0.1, -0.05) is 23.7 Å². The fraction of sp³-hybridized carbons (Fsp3) is 0.429. The maximum Gasteiger partial charge on any atom is 0.305 e. The van der Waals surface area contributed by atoms with Gasteiger partial charge in [-0.2, -0.15) is 0 Å². The van der Waals surface area contributed by atoms with Gasteiger partial charge in [-0.3, -0.25) is 9.59 Å². The van der Waals surface area contributed by atoms with E-state index in [1.807, 2.05) is 13.0 Å². The molecule has 0 fully saturated rings. The van der Waals surface area contributed by atoms with Gasteiger partial charge in [-0.05, 0) is 31.9 Å². The van der Waals surface area contributed by atoms with Gasteiger partial charge < -0.3 is 4.74 Å². The average Bonchev–Trinajstić information content (AvgIpc) is 2.33. The number of ketones is 1. The molecule has 0 saturated heterocycles. The van der Waals surface area contributed by atoms with Crippen LogP contribution in [0, 0.1) is 6.92 Å². The van der Waals surface area contributed by atoms with Gasteiger partial charge in [-0.15, -0.1) is 0 Å². The molecule has 1 aromatic carbocycles. The molecule has 0 aliphatic heterocycles. The van der Waals surface area contributed by atoms with Crippen LogP contribution in [0.3, 0.4) is 0 Å². The number of carbonyl (C=O) groups excluding carboxylic acids is 2. The number of hydrogen-bond donors (Lipinski definition) is 0. The molecule has 0 aromatic heterocycles. The lowest BCUT2D eigenvalue weighted by atomic mass is 10.0. The van der Waals surface area contributed by atoms with Crippen molar-refractivity contribution in [3.8, 4) is 0 Å². The Hall–Kier alpha value is -1.35. The molecule has 0 bridgehead atoms. The van der Waals surface area contributed by atoms with Crippen molar-refractivity contribution >= 4 is 23.4 Å². The van der Waals surface area contributed by atoms with Crippen LogP contribution in [-0.4, -0.2) is 18.4 Å². The Kier molecular flexibility index (Phi) is 5.86. The third-order valence-corrected chi connectivity index (χ3v) is 3.08. The van der Waals surface area contributed by atoms with E-state index in [4.69, 9.17) is 16.3 Å². The molecule has 1 aromatic rings. The highest BCUT2D eigenvalue weighted by Crippen LogP contribution is 2.22. The fourth-order valence-corrected chi connectivity index (χ4v) is 1.86. The van der Waals surface area contributed by atoms with Crippen LogP contribution in [0.25, 0.3) is 0 Å². The number of aryl methyl sites for hydroxylation is 1. The fourth-order valence-electron chi connectivity index (χ4n) is 1.62. The SMILES string of the molecule is CCOC(=O)CCCC(=O)c1cccc(C)c1Cl. The zero-order valence-electron chi connectivity index (χ0n) is 10.7. The average molecular weight is 269 g/mol. The van der Waals surface area contributed by atoms with E-state index in [2.05, 4.69) is 0 Å². The van der Waals surface area contributed by atoms with E-state index < -0.39 is 0 Å². The second-order valence-corrected chi connectivity index (χ2v) is 4.40. The normalized spacial score (nSPS) is 10.2. The maximum absolute atomic E-state index is 11.9. The molecule has 0 spiro atoms. The summed E-state index contributed by atoms with van der Waals surface area (Å²) in [6.45, 7) is 3.99. The summed E-state index contributed by atoms with van der Waals surface area (Å²) in [7, 11) is 0. The first-order valence-electron chi connectivity index (χ1n) is 6.00. The molecule has 0 unspecified atom stereocenters. The molecule has 0 amide bonds. The van der Waals surface area contributed by atoms with E-state index in [9.17, 15) is 9.59 Å². The second-order valence-electron chi connectivity index (χ2n) is 4.02. The van der Waals surface area contributed by atoms with Gasteiger partial charge in [-0.25, -0.2) is 0 Å². The molecule has 0 heterocycles. The lowest BCUT2D eigenvalue weighted by Gasteiger charge is -2.05. The van der Waals surface area contributed by atoms with Crippen molar-refractivity contribution in [3.63, 3.8) is 0 Å². The van der Waals surface area contributed by atoms with E-state index in [0.29, 0.717) is 30.0 Å². The molecule has 98 valence electrons. The van der Waals surface area contributed by atoms with Crippen LogP contribution in [-0.2, 0) is 9.53 Å². The van der Waals surface area contributed by atoms with E-state index in [1.165, 1.54) is 0 Å². The lowest BCUT2D eigenvalue weighted by Crippen LogP contribution is -2.06. The first-order valence-corrected chi connectivity index (χ1v) is 6.38. The minimum Gasteiger partial charge on any atom is -0.466 e. The van der Waals surface area contributed by atoms with Crippen LogP contribution >= 0.6 is 11.6 Å². The number of benzene rings is 1. The van der Waals surface area contributed by atoms with Gasteiger partial charge in [0.1, 0.15) is 0 Å². The maximum atomic E-state index is 11.9. The number of esters is 1. The molecule has 18 heavy (non-hydrogen) atoms. The van der Waals surface area contributed by atoms with Crippen LogP contribution in [0.5, 0.6) is 0 Å². The van der Waals surface area contributed by atoms with Crippen LogP contribution in [0.2, 0.25) is 5.02 Å². The first-order chi connectivity index (χ1) is 8.56. The molecule has 0 radical (unpaired) electrons. The highest BCUT2D eigenvalue weighted by molar-refractivity contribution is 6.34. The Labute approximate surface area is 112 Å². The summed E-state index contributed by atoms with van der Waals surface area (Å²) in [6, 6.07) is 5.37. The monoisotopic (exact) mass is 268 g/mol. The van der Waals surface area contributed by atoms with Gasteiger partial charge >= 0.3 is 5.97 Å². The summed E-state index contributed by atoms with van der Waals surface area (Å²) in [6.07, 6.45) is 1.06. The van der Waals surface area contributed by atoms with Gasteiger partial charge in [0.2, 0.25) is 0 Å². The summed E-state index contributed by atoms with van der Waals surface area (Å²) in [5, 5.41) is 0.499. The summed E-state index contributed by atoms with van der Waals surface area (Å²) < 4.78 is 4.80. The second kappa shape index (κ2) is 7.17. The first kappa shape index (κ1) is 14.7. The zero-order chi connectivity index (χ0) is 13.5. The summed E-state index contributed by atoms with van der Waals surface area (Å²) in [4.78, 5) is 23.0. The van der Waals surface area contributed by atoms with Gasteiger partial charge in [0.15, 0.2) is 5.78 Å². The van der Waals surface area contributed by atoms with Crippen LogP contribution in [0.4, 0.5) is 0 Å². The van der Waals surface area contributed by atoms with Crippen molar-refractivity contribution in [3.05, 3.63) is 34.3 Å². The highest BCUT2D eigenvalue weighted by Gasteiger charge is 2.12. The predicted molar refractivity (Wildman–Crippen MR) is 71.0 cm³/mol. The minimum atomic E-state index is -0.263. The van der Waals surface area contributed by atoms with E-state index in [1.54, 1.807) is 19.1 Å². The summed E-state index contributed by atoms with van der Waals surface area (Å²) >= 11 is 6.07. The topological polar surface area (TPSA) is 43.4 Å². The van der Waals surface area contributed by atoms with Gasteiger partial charge in [0, 0.05) is 18.4 Å². The highest BCUT2D eigenvalue weighted by atomic mass is 35.5. The van der Waals surface area contributed by atoms with Crippen molar-refractivity contribution in [1.82, 2.24) is 0 Å². The van der Waals surface area contributed by atoms with E-state index in [-0.39, 0.29) is 18.2 Å². The zero-order valence-corrected chi connectivity index (χ0v) is 11.4. The Balaban J connectivity index is 2.51. The quantitative estimate of drug-likeness (QED) is 0.585. The Bertz CT molecular complexity index is 441. The molecule has 0 aliphatic rings. The Morgan fingerprint density at radius 1 is 1.28 bits per heavy atom. The molecule has 0 saturated carbocycles. The van der Waals surface area contributed by atoms with Crippen LogP contribution in [0.15, 0.2) is 18.2 Å². The molecule has 3 nitrogen and oxygen atoms in total. The predicted octanol–water partition coefficient (Wildman–Crippen LogP) is 3.56. The number of hydrogen-bond acceptors (Lipinski definition) is 3. The van der Waals surface area contributed by atoms with Gasteiger partial charge in [0.05, 0.1) is 11.6 Å². The Morgan fingerprint density at radius 3 is 2.67 bits per heavy atom. The number of carbonyl (C=O) groups is 2. The Morgan fingerprint density at radius 2 is 2.00 bits per heavy atom. The van der Waals surface area contributed by atoms with Crippen molar-refractivity contribution in [2.75, 3.05) is 6.61 Å². The van der Waals surface area contributed by atoms with Crippen LogP contribution < -0.4 is 0 Å². The van der Waals surface area contributed by atoms with Crippen molar-refractivity contribution in [2.45, 2.75) is 33.1 Å². The smallest absolute Gasteiger partial charge is 0.305 e. The molecule has 0 atom stereocenters. The van der Waals surface area contributed by atoms with Gasteiger partial charge in [0.25, 0.3) is 0 Å². The lowest BCUT2D eigenvalue weighted by molar-refractivity contribution is -0.143. The molecule has 0 N–H and O–H groups in total. The third kappa shape index (κ3) is 4.15. The molecule has 0 aliphatic carbocycles.